The predicted octanol–water partition coefficient (Wildman–Crippen LogP) is 4.06. The summed E-state index contributed by atoms with van der Waals surface area (Å²) in [6.45, 7) is 2.88. The fourth-order valence-corrected chi connectivity index (χ4v) is 2.76. The zero-order valence-electron chi connectivity index (χ0n) is 14.7. The summed E-state index contributed by atoms with van der Waals surface area (Å²) in [4.78, 5) is 35.2. The Labute approximate surface area is 166 Å². The van der Waals surface area contributed by atoms with E-state index in [4.69, 9.17) is 27.9 Å². The minimum Gasteiger partial charge on any atom is -0.452 e. The van der Waals surface area contributed by atoms with E-state index in [2.05, 4.69) is 10.6 Å². The van der Waals surface area contributed by atoms with Crippen LogP contribution in [0.4, 0.5) is 11.4 Å². The zero-order valence-corrected chi connectivity index (χ0v) is 16.2. The molecule has 0 aromatic heterocycles. The maximum Gasteiger partial charge on any atom is 0.311 e. The highest BCUT2D eigenvalue weighted by molar-refractivity contribution is 6.35. The number of rotatable bonds is 6. The molecule has 0 aliphatic heterocycles. The number of carbonyl (C=O) groups excluding carboxylic acids is 3. The third-order valence-corrected chi connectivity index (χ3v) is 3.87. The maximum atomic E-state index is 12.2. The van der Waals surface area contributed by atoms with E-state index in [-0.39, 0.29) is 12.3 Å². The molecule has 2 rings (SSSR count). The van der Waals surface area contributed by atoms with Gasteiger partial charge in [-0.2, -0.15) is 0 Å². The number of hydrogen-bond donors (Lipinski definition) is 2. The summed E-state index contributed by atoms with van der Waals surface area (Å²) < 4.78 is 5.16. The van der Waals surface area contributed by atoms with Crippen molar-refractivity contribution in [1.82, 2.24) is 0 Å². The van der Waals surface area contributed by atoms with E-state index < -0.39 is 18.0 Å². The number of carbonyl (C=O) groups is 3. The minimum absolute atomic E-state index is 0.000957. The fourth-order valence-electron chi connectivity index (χ4n) is 2.24. The standard InChI is InChI=1S/C19H18Cl2N2O4/c1-11(19(26)23-17-9-14(20)8-15(21)10-17)27-18(25)7-13-3-5-16(6-4-13)22-12(2)24/h3-6,8-11H,7H2,1-2H3,(H,22,24)(H,23,26)/t11-/m1/s1. The lowest BCUT2D eigenvalue weighted by Crippen LogP contribution is -2.30. The van der Waals surface area contributed by atoms with Crippen LogP contribution in [0.3, 0.4) is 0 Å². The third-order valence-electron chi connectivity index (χ3n) is 3.43. The molecule has 2 N–H and O–H groups in total. The Morgan fingerprint density at radius 1 is 0.963 bits per heavy atom. The molecule has 1 atom stereocenters. The number of ether oxygens (including phenoxy) is 1. The number of nitrogens with one attached hydrogen (secondary N) is 2. The van der Waals surface area contributed by atoms with Crippen molar-refractivity contribution in [2.45, 2.75) is 26.4 Å². The van der Waals surface area contributed by atoms with E-state index in [1.165, 1.54) is 26.0 Å². The summed E-state index contributed by atoms with van der Waals surface area (Å²) in [5, 5.41) is 5.99. The van der Waals surface area contributed by atoms with Gasteiger partial charge in [-0.25, -0.2) is 0 Å². The van der Waals surface area contributed by atoms with Gasteiger partial charge in [-0.3, -0.25) is 14.4 Å². The molecule has 8 heteroatoms. The molecule has 6 nitrogen and oxygen atoms in total. The van der Waals surface area contributed by atoms with Crippen LogP contribution in [-0.4, -0.2) is 23.9 Å². The predicted molar refractivity (Wildman–Crippen MR) is 105 cm³/mol. The van der Waals surface area contributed by atoms with Gasteiger partial charge < -0.3 is 15.4 Å². The first kappa shape index (κ1) is 20.7. The average Bonchev–Trinajstić information content (AvgIpc) is 2.55. The van der Waals surface area contributed by atoms with E-state index in [0.717, 1.165) is 0 Å². The molecule has 0 spiro atoms. The van der Waals surface area contributed by atoms with E-state index in [0.29, 0.717) is 27.0 Å². The minimum atomic E-state index is -0.992. The van der Waals surface area contributed by atoms with Crippen molar-refractivity contribution < 1.29 is 19.1 Å². The summed E-state index contributed by atoms with van der Waals surface area (Å²) in [5.74, 6) is -1.22. The number of hydrogen-bond acceptors (Lipinski definition) is 4. The topological polar surface area (TPSA) is 84.5 Å². The fraction of sp³-hybridized carbons (Fsp3) is 0.211. The Morgan fingerprint density at radius 2 is 1.56 bits per heavy atom. The Hall–Kier alpha value is -2.57. The normalized spacial score (nSPS) is 11.4. The van der Waals surface area contributed by atoms with Crippen molar-refractivity contribution in [1.29, 1.82) is 0 Å². The molecule has 2 aromatic carbocycles. The lowest BCUT2D eigenvalue weighted by atomic mass is 10.1. The summed E-state index contributed by atoms with van der Waals surface area (Å²) >= 11 is 11.8. The second kappa shape index (κ2) is 9.39. The quantitative estimate of drug-likeness (QED) is 0.705. The summed E-state index contributed by atoms with van der Waals surface area (Å²) in [7, 11) is 0. The molecule has 0 saturated carbocycles. The molecule has 0 bridgehead atoms. The Kier molecular flexibility index (Phi) is 7.21. The van der Waals surface area contributed by atoms with Crippen molar-refractivity contribution in [2.24, 2.45) is 0 Å². The van der Waals surface area contributed by atoms with E-state index in [9.17, 15) is 14.4 Å². The monoisotopic (exact) mass is 408 g/mol. The van der Waals surface area contributed by atoms with Crippen LogP contribution in [0.2, 0.25) is 10.0 Å². The van der Waals surface area contributed by atoms with Crippen LogP contribution in [-0.2, 0) is 25.5 Å². The summed E-state index contributed by atoms with van der Waals surface area (Å²) in [6.07, 6.45) is -0.991. The molecule has 27 heavy (non-hydrogen) atoms. The van der Waals surface area contributed by atoms with Gasteiger partial charge in [0.05, 0.1) is 6.42 Å². The van der Waals surface area contributed by atoms with Crippen LogP contribution < -0.4 is 10.6 Å². The Balaban J connectivity index is 1.88. The van der Waals surface area contributed by atoms with Gasteiger partial charge in [-0.15, -0.1) is 0 Å². The third kappa shape index (κ3) is 6.92. The van der Waals surface area contributed by atoms with Crippen molar-refractivity contribution in [3.05, 3.63) is 58.1 Å². The van der Waals surface area contributed by atoms with Crippen LogP contribution >= 0.6 is 23.2 Å². The highest BCUT2D eigenvalue weighted by Gasteiger charge is 2.18. The van der Waals surface area contributed by atoms with Gasteiger partial charge >= 0.3 is 5.97 Å². The molecular weight excluding hydrogens is 391 g/mol. The molecule has 142 valence electrons. The highest BCUT2D eigenvalue weighted by Crippen LogP contribution is 2.22. The number of anilines is 2. The zero-order chi connectivity index (χ0) is 20.0. The smallest absolute Gasteiger partial charge is 0.311 e. The molecule has 2 amide bonds. The van der Waals surface area contributed by atoms with Crippen LogP contribution in [0.5, 0.6) is 0 Å². The number of halogens is 2. The highest BCUT2D eigenvalue weighted by atomic mass is 35.5. The van der Waals surface area contributed by atoms with Gasteiger partial charge in [0.15, 0.2) is 6.10 Å². The SMILES string of the molecule is CC(=O)Nc1ccc(CC(=O)O[C@H](C)C(=O)Nc2cc(Cl)cc(Cl)c2)cc1. The van der Waals surface area contributed by atoms with Crippen LogP contribution in [0.15, 0.2) is 42.5 Å². The van der Waals surface area contributed by atoms with Crippen molar-refractivity contribution in [3.63, 3.8) is 0 Å². The largest absolute Gasteiger partial charge is 0.452 e. The van der Waals surface area contributed by atoms with Gasteiger partial charge in [0, 0.05) is 28.3 Å². The van der Waals surface area contributed by atoms with Crippen molar-refractivity contribution in [3.8, 4) is 0 Å². The number of esters is 1. The van der Waals surface area contributed by atoms with E-state index in [1.807, 2.05) is 0 Å². The molecule has 0 heterocycles. The van der Waals surface area contributed by atoms with Crippen LogP contribution in [0.25, 0.3) is 0 Å². The van der Waals surface area contributed by atoms with Crippen molar-refractivity contribution >= 4 is 52.4 Å². The first-order chi connectivity index (χ1) is 12.7. The Bertz CT molecular complexity index is 833. The van der Waals surface area contributed by atoms with Gasteiger partial charge in [0.2, 0.25) is 5.91 Å². The van der Waals surface area contributed by atoms with E-state index in [1.54, 1.807) is 30.3 Å². The molecule has 0 aliphatic carbocycles. The molecule has 0 radical (unpaired) electrons. The van der Waals surface area contributed by atoms with E-state index >= 15 is 0 Å². The molecular formula is C19H18Cl2N2O4. The van der Waals surface area contributed by atoms with Gasteiger partial charge in [0.1, 0.15) is 0 Å². The molecule has 0 aliphatic rings. The van der Waals surface area contributed by atoms with Crippen LogP contribution in [0, 0.1) is 0 Å². The molecule has 2 aromatic rings. The first-order valence-electron chi connectivity index (χ1n) is 8.06. The molecule has 0 fully saturated rings. The van der Waals surface area contributed by atoms with Gasteiger partial charge in [-0.05, 0) is 42.8 Å². The lowest BCUT2D eigenvalue weighted by molar-refractivity contribution is -0.152. The number of amides is 2. The summed E-state index contributed by atoms with van der Waals surface area (Å²) in [5.41, 5.74) is 1.74. The second-order valence-corrected chi connectivity index (χ2v) is 6.71. The van der Waals surface area contributed by atoms with Crippen molar-refractivity contribution in [2.75, 3.05) is 10.6 Å². The Morgan fingerprint density at radius 3 is 2.11 bits per heavy atom. The average molecular weight is 409 g/mol. The van der Waals surface area contributed by atoms with Gasteiger partial charge in [0.25, 0.3) is 5.91 Å². The maximum absolute atomic E-state index is 12.2. The first-order valence-corrected chi connectivity index (χ1v) is 8.81. The van der Waals surface area contributed by atoms with Crippen LogP contribution in [0.1, 0.15) is 19.4 Å². The second-order valence-electron chi connectivity index (χ2n) is 5.83. The van der Waals surface area contributed by atoms with Gasteiger partial charge in [-0.1, -0.05) is 35.3 Å². The molecule has 0 saturated heterocycles. The summed E-state index contributed by atoms with van der Waals surface area (Å²) in [6, 6.07) is 11.4. The lowest BCUT2D eigenvalue weighted by Gasteiger charge is -2.14. The number of benzene rings is 2. The molecule has 0 unspecified atom stereocenters.